The standard InChI is InChI=1S/C10H17N3O/c14-10-7-9(12-13-10)2-1-8-3-5-11-6-4-8/h7-8,11H,1-6H2,(H2,12,13,14). The molecule has 1 aromatic heterocycles. The molecule has 0 spiro atoms. The maximum absolute atomic E-state index is 10.8. The van der Waals surface area contributed by atoms with Crippen LogP contribution in [-0.4, -0.2) is 23.3 Å². The lowest BCUT2D eigenvalue weighted by Crippen LogP contribution is -2.27. The minimum Gasteiger partial charge on any atom is -0.317 e. The SMILES string of the molecule is O=c1cc(CCC2CCNCC2)[nH][nH]1. The number of hydrogen-bond donors (Lipinski definition) is 3. The Hall–Kier alpha value is -1.03. The average Bonchev–Trinajstić information content (AvgIpc) is 2.63. The Balaban J connectivity index is 1.78. The van der Waals surface area contributed by atoms with Crippen molar-refractivity contribution in [2.75, 3.05) is 13.1 Å². The summed E-state index contributed by atoms with van der Waals surface area (Å²) in [7, 11) is 0. The van der Waals surface area contributed by atoms with Crippen molar-refractivity contribution in [3.63, 3.8) is 0 Å². The summed E-state index contributed by atoms with van der Waals surface area (Å²) < 4.78 is 0. The van der Waals surface area contributed by atoms with Crippen molar-refractivity contribution in [3.05, 3.63) is 22.1 Å². The zero-order valence-electron chi connectivity index (χ0n) is 8.31. The lowest BCUT2D eigenvalue weighted by molar-refractivity contribution is 0.353. The first kappa shape index (κ1) is 9.52. The lowest BCUT2D eigenvalue weighted by atomic mass is 9.93. The van der Waals surface area contributed by atoms with Crippen LogP contribution in [0.3, 0.4) is 0 Å². The third kappa shape index (κ3) is 2.48. The molecule has 0 radical (unpaired) electrons. The van der Waals surface area contributed by atoms with E-state index in [0.29, 0.717) is 0 Å². The maximum Gasteiger partial charge on any atom is 0.264 e. The fourth-order valence-corrected chi connectivity index (χ4v) is 2.04. The van der Waals surface area contributed by atoms with Gasteiger partial charge in [0.15, 0.2) is 0 Å². The van der Waals surface area contributed by atoms with E-state index < -0.39 is 0 Å². The van der Waals surface area contributed by atoms with E-state index in [1.54, 1.807) is 6.07 Å². The van der Waals surface area contributed by atoms with Crippen LogP contribution < -0.4 is 10.9 Å². The Morgan fingerprint density at radius 2 is 2.07 bits per heavy atom. The summed E-state index contributed by atoms with van der Waals surface area (Å²) in [6.07, 6.45) is 4.72. The minimum absolute atomic E-state index is 0.0229. The van der Waals surface area contributed by atoms with Crippen molar-refractivity contribution in [1.29, 1.82) is 0 Å². The number of aryl methyl sites for hydroxylation is 1. The van der Waals surface area contributed by atoms with Crippen molar-refractivity contribution in [1.82, 2.24) is 15.5 Å². The van der Waals surface area contributed by atoms with Crippen LogP contribution in [0.5, 0.6) is 0 Å². The van der Waals surface area contributed by atoms with Crippen LogP contribution >= 0.6 is 0 Å². The molecule has 0 unspecified atom stereocenters. The summed E-state index contributed by atoms with van der Waals surface area (Å²) in [4.78, 5) is 10.8. The van der Waals surface area contributed by atoms with Crippen LogP contribution in [0.25, 0.3) is 0 Å². The molecule has 1 fully saturated rings. The molecule has 1 aliphatic heterocycles. The summed E-state index contributed by atoms with van der Waals surface area (Å²) >= 11 is 0. The smallest absolute Gasteiger partial charge is 0.264 e. The van der Waals surface area contributed by atoms with Gasteiger partial charge in [-0.25, -0.2) is 0 Å². The van der Waals surface area contributed by atoms with Gasteiger partial charge < -0.3 is 10.4 Å². The molecule has 78 valence electrons. The number of aromatic amines is 2. The predicted octanol–water partition coefficient (Wildman–Crippen LogP) is 0.635. The van der Waals surface area contributed by atoms with E-state index in [2.05, 4.69) is 15.5 Å². The van der Waals surface area contributed by atoms with Crippen molar-refractivity contribution in [2.45, 2.75) is 25.7 Å². The van der Waals surface area contributed by atoms with E-state index in [0.717, 1.165) is 31.1 Å². The molecule has 14 heavy (non-hydrogen) atoms. The van der Waals surface area contributed by atoms with Crippen LogP contribution in [0, 0.1) is 5.92 Å². The molecular weight excluding hydrogens is 178 g/mol. The Morgan fingerprint density at radius 3 is 2.71 bits per heavy atom. The summed E-state index contributed by atoms with van der Waals surface area (Å²) in [5.41, 5.74) is 1.01. The van der Waals surface area contributed by atoms with Crippen LogP contribution in [-0.2, 0) is 6.42 Å². The van der Waals surface area contributed by atoms with Crippen molar-refractivity contribution in [2.24, 2.45) is 5.92 Å². The molecule has 1 saturated heterocycles. The van der Waals surface area contributed by atoms with E-state index in [4.69, 9.17) is 0 Å². The normalized spacial score (nSPS) is 18.6. The van der Waals surface area contributed by atoms with Crippen molar-refractivity contribution < 1.29 is 0 Å². The molecule has 4 nitrogen and oxygen atoms in total. The molecule has 0 saturated carbocycles. The summed E-state index contributed by atoms with van der Waals surface area (Å²) in [6, 6.07) is 1.65. The third-order valence-corrected chi connectivity index (χ3v) is 2.93. The second-order valence-corrected chi connectivity index (χ2v) is 4.02. The van der Waals surface area contributed by atoms with Crippen molar-refractivity contribution >= 4 is 0 Å². The van der Waals surface area contributed by atoms with Gasteiger partial charge in [0, 0.05) is 11.8 Å². The number of nitrogens with one attached hydrogen (secondary N) is 3. The van der Waals surface area contributed by atoms with E-state index in [-0.39, 0.29) is 5.56 Å². The summed E-state index contributed by atoms with van der Waals surface area (Å²) in [5, 5.41) is 8.81. The average molecular weight is 195 g/mol. The van der Waals surface area contributed by atoms with Gasteiger partial charge >= 0.3 is 0 Å². The molecule has 0 aliphatic carbocycles. The van der Waals surface area contributed by atoms with Crippen LogP contribution in [0.2, 0.25) is 0 Å². The van der Waals surface area contributed by atoms with Gasteiger partial charge in [0.05, 0.1) is 0 Å². The van der Waals surface area contributed by atoms with Gasteiger partial charge in [-0.05, 0) is 44.7 Å². The number of H-pyrrole nitrogens is 2. The topological polar surface area (TPSA) is 60.7 Å². The van der Waals surface area contributed by atoms with Gasteiger partial charge in [-0.1, -0.05) is 0 Å². The lowest BCUT2D eigenvalue weighted by Gasteiger charge is -2.21. The third-order valence-electron chi connectivity index (χ3n) is 2.93. The second kappa shape index (κ2) is 4.46. The number of aromatic nitrogens is 2. The molecule has 0 bridgehead atoms. The minimum atomic E-state index is -0.0229. The molecule has 1 aromatic rings. The largest absolute Gasteiger partial charge is 0.317 e. The summed E-state index contributed by atoms with van der Waals surface area (Å²) in [6.45, 7) is 2.29. The number of hydrogen-bond acceptors (Lipinski definition) is 2. The Kier molecular flexibility index (Phi) is 3.03. The molecule has 2 heterocycles. The summed E-state index contributed by atoms with van der Waals surface area (Å²) in [5.74, 6) is 0.828. The Bertz CT molecular complexity index is 322. The maximum atomic E-state index is 10.8. The second-order valence-electron chi connectivity index (χ2n) is 4.02. The molecule has 4 heteroatoms. The van der Waals surface area contributed by atoms with Crippen molar-refractivity contribution in [3.8, 4) is 0 Å². The number of piperidine rings is 1. The highest BCUT2D eigenvalue weighted by molar-refractivity contribution is 4.98. The molecule has 1 aliphatic rings. The molecule has 2 rings (SSSR count). The first-order valence-corrected chi connectivity index (χ1v) is 5.32. The zero-order valence-corrected chi connectivity index (χ0v) is 8.31. The van der Waals surface area contributed by atoms with Crippen LogP contribution in [0.4, 0.5) is 0 Å². The first-order chi connectivity index (χ1) is 6.84. The van der Waals surface area contributed by atoms with Gasteiger partial charge in [-0.15, -0.1) is 0 Å². The highest BCUT2D eigenvalue weighted by Crippen LogP contribution is 2.17. The van der Waals surface area contributed by atoms with Crippen LogP contribution in [0.1, 0.15) is 25.0 Å². The van der Waals surface area contributed by atoms with Gasteiger partial charge in [0.2, 0.25) is 0 Å². The molecule has 0 amide bonds. The Morgan fingerprint density at radius 1 is 1.29 bits per heavy atom. The van der Waals surface area contributed by atoms with E-state index in [9.17, 15) is 4.79 Å². The fraction of sp³-hybridized carbons (Fsp3) is 0.700. The van der Waals surface area contributed by atoms with Gasteiger partial charge in [0.25, 0.3) is 5.56 Å². The molecule has 3 N–H and O–H groups in total. The zero-order chi connectivity index (χ0) is 9.80. The molecule has 0 aromatic carbocycles. The number of rotatable bonds is 3. The fourth-order valence-electron chi connectivity index (χ4n) is 2.04. The molecule has 0 atom stereocenters. The first-order valence-electron chi connectivity index (χ1n) is 5.32. The Labute approximate surface area is 83.1 Å². The van der Waals surface area contributed by atoms with Gasteiger partial charge in [0.1, 0.15) is 0 Å². The van der Waals surface area contributed by atoms with E-state index >= 15 is 0 Å². The van der Waals surface area contributed by atoms with E-state index in [1.807, 2.05) is 0 Å². The molecular formula is C10H17N3O. The highest BCUT2D eigenvalue weighted by atomic mass is 16.1. The quantitative estimate of drug-likeness (QED) is 0.662. The van der Waals surface area contributed by atoms with Gasteiger partial charge in [-0.2, -0.15) is 0 Å². The van der Waals surface area contributed by atoms with Gasteiger partial charge in [-0.3, -0.25) is 9.89 Å². The van der Waals surface area contributed by atoms with E-state index in [1.165, 1.54) is 19.3 Å². The highest BCUT2D eigenvalue weighted by Gasteiger charge is 2.12. The monoisotopic (exact) mass is 195 g/mol. The predicted molar refractivity (Wildman–Crippen MR) is 55.3 cm³/mol. The van der Waals surface area contributed by atoms with Crippen LogP contribution in [0.15, 0.2) is 10.9 Å².